The maximum absolute atomic E-state index is 13.8. The summed E-state index contributed by atoms with van der Waals surface area (Å²) in [5.74, 6) is 0.407. The number of nitrogens with one attached hydrogen (secondary N) is 1. The van der Waals surface area contributed by atoms with E-state index in [1.165, 1.54) is 6.20 Å². The Bertz CT molecular complexity index is 997. The zero-order valence-corrected chi connectivity index (χ0v) is 17.2. The third-order valence-electron chi connectivity index (χ3n) is 3.93. The van der Waals surface area contributed by atoms with E-state index in [0.717, 1.165) is 11.8 Å². The molecular weight excluding hydrogens is 411 g/mol. The van der Waals surface area contributed by atoms with Gasteiger partial charge in [0.2, 0.25) is 0 Å². The van der Waals surface area contributed by atoms with Crippen LogP contribution in [0.1, 0.15) is 13.8 Å². The molecular formula is C22H20ClFN2O4. The Morgan fingerprint density at radius 2 is 1.73 bits per heavy atom. The van der Waals surface area contributed by atoms with Gasteiger partial charge in [0.05, 0.1) is 11.6 Å². The lowest BCUT2D eigenvalue weighted by molar-refractivity contribution is -0.122. The van der Waals surface area contributed by atoms with Gasteiger partial charge < -0.3 is 19.5 Å². The Morgan fingerprint density at radius 1 is 1.10 bits per heavy atom. The molecule has 1 unspecified atom stereocenters. The van der Waals surface area contributed by atoms with Crippen molar-refractivity contribution in [2.24, 2.45) is 0 Å². The molecule has 2 aromatic carbocycles. The van der Waals surface area contributed by atoms with E-state index >= 15 is 0 Å². The lowest BCUT2D eigenvalue weighted by atomic mass is 10.2. The summed E-state index contributed by atoms with van der Waals surface area (Å²) < 4.78 is 30.2. The largest absolute Gasteiger partial charge is 0.494 e. The summed E-state index contributed by atoms with van der Waals surface area (Å²) in [6.45, 7) is 4.12. The van der Waals surface area contributed by atoms with Gasteiger partial charge in [-0.2, -0.15) is 0 Å². The van der Waals surface area contributed by atoms with Crippen molar-refractivity contribution < 1.29 is 23.4 Å². The Morgan fingerprint density at radius 3 is 2.37 bits per heavy atom. The van der Waals surface area contributed by atoms with E-state index in [-0.39, 0.29) is 16.8 Å². The van der Waals surface area contributed by atoms with Crippen molar-refractivity contribution in [3.63, 3.8) is 0 Å². The summed E-state index contributed by atoms with van der Waals surface area (Å²) in [7, 11) is 0. The molecule has 0 fully saturated rings. The van der Waals surface area contributed by atoms with Crippen LogP contribution in [0.3, 0.4) is 0 Å². The zero-order chi connectivity index (χ0) is 21.5. The molecule has 0 saturated carbocycles. The summed E-state index contributed by atoms with van der Waals surface area (Å²) in [5, 5.41) is 2.96. The van der Waals surface area contributed by atoms with Gasteiger partial charge in [0.25, 0.3) is 11.8 Å². The minimum atomic E-state index is -0.737. The molecule has 30 heavy (non-hydrogen) atoms. The SMILES string of the molecule is CCOc1ccc(NC(=O)C(C)Oc2ccc(Oc3ncc(Cl)cc3F)cc2)cc1. The van der Waals surface area contributed by atoms with Crippen LogP contribution in [0.4, 0.5) is 10.1 Å². The summed E-state index contributed by atoms with van der Waals surface area (Å²) in [5.41, 5.74) is 0.639. The third-order valence-corrected chi connectivity index (χ3v) is 4.13. The van der Waals surface area contributed by atoms with Gasteiger partial charge in [-0.25, -0.2) is 9.37 Å². The minimum absolute atomic E-state index is 0.182. The van der Waals surface area contributed by atoms with E-state index < -0.39 is 11.9 Å². The molecule has 0 spiro atoms. The summed E-state index contributed by atoms with van der Waals surface area (Å²) >= 11 is 5.67. The minimum Gasteiger partial charge on any atom is -0.494 e. The standard InChI is InChI=1S/C22H20ClFN2O4/c1-3-28-17-6-4-16(5-7-17)26-21(27)14(2)29-18-8-10-19(11-9-18)30-22-20(24)12-15(23)13-25-22/h4-14H,3H2,1-2H3,(H,26,27). The number of hydrogen-bond donors (Lipinski definition) is 1. The number of hydrogen-bond acceptors (Lipinski definition) is 5. The van der Waals surface area contributed by atoms with E-state index in [1.807, 2.05) is 6.92 Å². The second-order valence-corrected chi connectivity index (χ2v) is 6.66. The van der Waals surface area contributed by atoms with Gasteiger partial charge in [0.1, 0.15) is 17.2 Å². The highest BCUT2D eigenvalue weighted by Gasteiger charge is 2.15. The topological polar surface area (TPSA) is 69.7 Å². The van der Waals surface area contributed by atoms with Crippen LogP contribution in [0.2, 0.25) is 5.02 Å². The lowest BCUT2D eigenvalue weighted by Gasteiger charge is -2.15. The van der Waals surface area contributed by atoms with Gasteiger partial charge in [-0.1, -0.05) is 11.6 Å². The van der Waals surface area contributed by atoms with Crippen LogP contribution >= 0.6 is 11.6 Å². The number of nitrogens with zero attached hydrogens (tertiary/aromatic N) is 1. The van der Waals surface area contributed by atoms with E-state index in [1.54, 1.807) is 55.5 Å². The van der Waals surface area contributed by atoms with Crippen LogP contribution in [0.15, 0.2) is 60.8 Å². The number of anilines is 1. The first-order valence-electron chi connectivity index (χ1n) is 9.24. The molecule has 1 atom stereocenters. The quantitative estimate of drug-likeness (QED) is 0.513. The number of amides is 1. The van der Waals surface area contributed by atoms with Crippen LogP contribution in [0.5, 0.6) is 23.1 Å². The molecule has 156 valence electrons. The second kappa shape index (κ2) is 9.93. The molecule has 1 aromatic heterocycles. The highest BCUT2D eigenvalue weighted by Crippen LogP contribution is 2.26. The fourth-order valence-electron chi connectivity index (χ4n) is 2.48. The number of aromatic nitrogens is 1. The average molecular weight is 431 g/mol. The van der Waals surface area contributed by atoms with Crippen molar-refractivity contribution in [2.45, 2.75) is 20.0 Å². The van der Waals surface area contributed by atoms with Gasteiger partial charge in [0.15, 0.2) is 11.9 Å². The number of pyridine rings is 1. The Balaban J connectivity index is 1.55. The highest BCUT2D eigenvalue weighted by molar-refractivity contribution is 6.30. The summed E-state index contributed by atoms with van der Waals surface area (Å²) in [6.07, 6.45) is 0.556. The van der Waals surface area contributed by atoms with Crippen LogP contribution in [0.25, 0.3) is 0 Å². The highest BCUT2D eigenvalue weighted by atomic mass is 35.5. The van der Waals surface area contributed by atoms with E-state index in [2.05, 4.69) is 10.3 Å². The van der Waals surface area contributed by atoms with E-state index in [4.69, 9.17) is 25.8 Å². The Kier molecular flexibility index (Phi) is 7.08. The predicted octanol–water partition coefficient (Wildman–Crippen LogP) is 5.47. The van der Waals surface area contributed by atoms with E-state index in [9.17, 15) is 9.18 Å². The second-order valence-electron chi connectivity index (χ2n) is 6.22. The molecule has 0 aliphatic carbocycles. The number of rotatable bonds is 8. The average Bonchev–Trinajstić information content (AvgIpc) is 2.73. The first kappa shape index (κ1) is 21.4. The number of benzene rings is 2. The molecule has 0 aliphatic rings. The fourth-order valence-corrected chi connectivity index (χ4v) is 2.62. The number of halogens is 2. The van der Waals surface area contributed by atoms with Crippen LogP contribution in [0, 0.1) is 5.82 Å². The first-order chi connectivity index (χ1) is 14.4. The first-order valence-corrected chi connectivity index (χ1v) is 9.61. The number of ether oxygens (including phenoxy) is 3. The zero-order valence-electron chi connectivity index (χ0n) is 16.4. The smallest absolute Gasteiger partial charge is 0.265 e. The van der Waals surface area contributed by atoms with Gasteiger partial charge in [-0.3, -0.25) is 4.79 Å². The summed E-state index contributed by atoms with van der Waals surface area (Å²) in [4.78, 5) is 16.1. The molecule has 1 heterocycles. The molecule has 1 amide bonds. The molecule has 3 aromatic rings. The van der Waals surface area contributed by atoms with Crippen LogP contribution in [-0.2, 0) is 4.79 Å². The molecule has 0 saturated heterocycles. The molecule has 1 N–H and O–H groups in total. The van der Waals surface area contributed by atoms with Crippen LogP contribution in [-0.4, -0.2) is 23.6 Å². The molecule has 6 nitrogen and oxygen atoms in total. The van der Waals surface area contributed by atoms with E-state index in [0.29, 0.717) is 23.8 Å². The molecule has 0 bridgehead atoms. The van der Waals surface area contributed by atoms with Crippen molar-refractivity contribution in [3.05, 3.63) is 71.6 Å². The van der Waals surface area contributed by atoms with Gasteiger partial charge >= 0.3 is 0 Å². The number of carbonyl (C=O) groups is 1. The lowest BCUT2D eigenvalue weighted by Crippen LogP contribution is -2.30. The van der Waals surface area contributed by atoms with Crippen molar-refractivity contribution in [1.82, 2.24) is 4.98 Å². The maximum atomic E-state index is 13.8. The van der Waals surface area contributed by atoms with Crippen LogP contribution < -0.4 is 19.5 Å². The number of carbonyl (C=O) groups excluding carboxylic acids is 1. The molecule has 8 heteroatoms. The van der Waals surface area contributed by atoms with Gasteiger partial charge in [0, 0.05) is 11.9 Å². The Labute approximate surface area is 178 Å². The Hall–Kier alpha value is -3.32. The molecule has 0 radical (unpaired) electrons. The predicted molar refractivity (Wildman–Crippen MR) is 112 cm³/mol. The summed E-state index contributed by atoms with van der Waals surface area (Å²) in [6, 6.07) is 14.6. The van der Waals surface area contributed by atoms with Crippen molar-refractivity contribution >= 4 is 23.2 Å². The van der Waals surface area contributed by atoms with Crippen molar-refractivity contribution in [1.29, 1.82) is 0 Å². The van der Waals surface area contributed by atoms with Gasteiger partial charge in [-0.05, 0) is 68.4 Å². The monoisotopic (exact) mass is 430 g/mol. The third kappa shape index (κ3) is 5.84. The fraction of sp³-hybridized carbons (Fsp3) is 0.182. The molecule has 3 rings (SSSR count). The van der Waals surface area contributed by atoms with Crippen molar-refractivity contribution in [2.75, 3.05) is 11.9 Å². The van der Waals surface area contributed by atoms with Gasteiger partial charge in [-0.15, -0.1) is 0 Å². The molecule has 0 aliphatic heterocycles. The van der Waals surface area contributed by atoms with Crippen molar-refractivity contribution in [3.8, 4) is 23.1 Å². The normalized spacial score (nSPS) is 11.5. The maximum Gasteiger partial charge on any atom is 0.265 e.